The molecule has 0 amide bonds. The lowest BCUT2D eigenvalue weighted by molar-refractivity contribution is 0.669. The van der Waals surface area contributed by atoms with E-state index in [1.54, 1.807) is 0 Å². The van der Waals surface area contributed by atoms with Crippen LogP contribution < -0.4 is 4.90 Å². The van der Waals surface area contributed by atoms with E-state index in [9.17, 15) is 0 Å². The molecule has 0 atom stereocenters. The number of nitrogens with zero attached hydrogens (tertiary/aromatic N) is 1. The topological polar surface area (TPSA) is 29.5 Å². The zero-order chi connectivity index (χ0) is 34.9. The van der Waals surface area contributed by atoms with Gasteiger partial charge in [-0.25, -0.2) is 0 Å². The quantitative estimate of drug-likeness (QED) is 0.170. The Hall–Kier alpha value is -7.10. The van der Waals surface area contributed by atoms with Crippen LogP contribution in [0.25, 0.3) is 87.7 Å². The first kappa shape index (κ1) is 29.6. The van der Waals surface area contributed by atoms with Crippen LogP contribution in [0.3, 0.4) is 0 Å². The number of benzene rings is 9. The van der Waals surface area contributed by atoms with E-state index in [2.05, 4.69) is 169 Å². The first-order chi connectivity index (χ1) is 26.2. The Morgan fingerprint density at radius 2 is 0.906 bits per heavy atom. The van der Waals surface area contributed by atoms with Crippen LogP contribution in [0, 0.1) is 0 Å². The van der Waals surface area contributed by atoms with Crippen molar-refractivity contribution in [1.29, 1.82) is 0 Å². The molecule has 2 aromatic heterocycles. The van der Waals surface area contributed by atoms with E-state index in [1.807, 2.05) is 24.3 Å². The number of para-hydroxylation sites is 2. The lowest BCUT2D eigenvalue weighted by Gasteiger charge is -2.28. The first-order valence-electron chi connectivity index (χ1n) is 18.0. The summed E-state index contributed by atoms with van der Waals surface area (Å²) in [6.45, 7) is 0. The highest BCUT2D eigenvalue weighted by atomic mass is 16.3. The fourth-order valence-electron chi connectivity index (χ4n) is 8.11. The molecule has 0 aliphatic rings. The fraction of sp³-hybridized carbons (Fsp3) is 0. The standard InChI is InChI=1S/C50H31NO2/c1-3-12-32(13-4-1)36-26-37(33-14-5-2-6-15-33)29-39(28-36)51(45-18-11-21-48-50(45)42-17-8-10-20-47(42)52-48)38-24-25-40-34(27-38)22-23-35-30-49-44(31-43(35)40)41-16-7-9-19-46(41)53-49/h1-31H. The van der Waals surface area contributed by atoms with Crippen LogP contribution >= 0.6 is 0 Å². The van der Waals surface area contributed by atoms with Crippen LogP contribution in [-0.4, -0.2) is 0 Å². The molecule has 0 saturated carbocycles. The summed E-state index contributed by atoms with van der Waals surface area (Å²) in [5.41, 5.74) is 11.4. The summed E-state index contributed by atoms with van der Waals surface area (Å²) in [5, 5.41) is 9.18. The van der Waals surface area contributed by atoms with Crippen molar-refractivity contribution in [1.82, 2.24) is 0 Å². The van der Waals surface area contributed by atoms with Crippen molar-refractivity contribution in [3.63, 3.8) is 0 Å². The van der Waals surface area contributed by atoms with E-state index in [-0.39, 0.29) is 0 Å². The van der Waals surface area contributed by atoms with Crippen molar-refractivity contribution in [2.24, 2.45) is 0 Å². The van der Waals surface area contributed by atoms with Gasteiger partial charge in [-0.2, -0.15) is 0 Å². The van der Waals surface area contributed by atoms with Crippen molar-refractivity contribution in [2.45, 2.75) is 0 Å². The summed E-state index contributed by atoms with van der Waals surface area (Å²) < 4.78 is 12.7. The Kier molecular flexibility index (Phi) is 6.55. The van der Waals surface area contributed by atoms with Gasteiger partial charge in [-0.15, -0.1) is 0 Å². The molecule has 9 aromatic carbocycles. The Morgan fingerprint density at radius 3 is 1.64 bits per heavy atom. The lowest BCUT2D eigenvalue weighted by Crippen LogP contribution is -2.11. The number of hydrogen-bond acceptors (Lipinski definition) is 3. The molecule has 11 aromatic rings. The second-order valence-corrected chi connectivity index (χ2v) is 13.7. The van der Waals surface area contributed by atoms with E-state index in [0.717, 1.165) is 77.5 Å². The van der Waals surface area contributed by atoms with Crippen molar-refractivity contribution in [3.05, 3.63) is 188 Å². The number of hydrogen-bond donors (Lipinski definition) is 0. The lowest BCUT2D eigenvalue weighted by atomic mass is 9.96. The van der Waals surface area contributed by atoms with Gasteiger partial charge in [0.2, 0.25) is 0 Å². The molecule has 248 valence electrons. The Balaban J connectivity index is 1.19. The number of furan rings is 2. The third-order valence-corrected chi connectivity index (χ3v) is 10.6. The van der Waals surface area contributed by atoms with Gasteiger partial charge in [-0.1, -0.05) is 121 Å². The largest absolute Gasteiger partial charge is 0.456 e. The maximum absolute atomic E-state index is 6.44. The molecule has 3 nitrogen and oxygen atoms in total. The van der Waals surface area contributed by atoms with Crippen molar-refractivity contribution in [2.75, 3.05) is 4.90 Å². The molecular formula is C50H31NO2. The molecule has 11 rings (SSSR count). The summed E-state index contributed by atoms with van der Waals surface area (Å²) in [6.07, 6.45) is 0. The van der Waals surface area contributed by atoms with E-state index in [0.29, 0.717) is 0 Å². The second kappa shape index (κ2) is 11.7. The maximum Gasteiger partial charge on any atom is 0.137 e. The number of fused-ring (bicyclic) bond motifs is 9. The van der Waals surface area contributed by atoms with Crippen molar-refractivity contribution in [3.8, 4) is 22.3 Å². The molecule has 0 spiro atoms. The van der Waals surface area contributed by atoms with Crippen LogP contribution in [0.2, 0.25) is 0 Å². The number of anilines is 3. The van der Waals surface area contributed by atoms with Crippen LogP contribution in [0.4, 0.5) is 17.1 Å². The SMILES string of the molecule is c1ccc(-c2cc(-c3ccccc3)cc(N(c3ccc4c(ccc5cc6oc7ccccc7c6cc54)c3)c3cccc4oc5ccccc5c34)c2)cc1. The first-order valence-corrected chi connectivity index (χ1v) is 18.0. The predicted octanol–water partition coefficient (Wildman–Crippen LogP) is 14.6. The summed E-state index contributed by atoms with van der Waals surface area (Å²) >= 11 is 0. The van der Waals surface area contributed by atoms with E-state index >= 15 is 0 Å². The van der Waals surface area contributed by atoms with Gasteiger partial charge in [0.1, 0.15) is 22.3 Å². The molecule has 0 unspecified atom stereocenters. The van der Waals surface area contributed by atoms with Gasteiger partial charge < -0.3 is 13.7 Å². The predicted molar refractivity (Wildman–Crippen MR) is 222 cm³/mol. The molecule has 0 aliphatic carbocycles. The minimum absolute atomic E-state index is 0.860. The van der Waals surface area contributed by atoms with Gasteiger partial charge in [0, 0.05) is 27.5 Å². The smallest absolute Gasteiger partial charge is 0.137 e. The van der Waals surface area contributed by atoms with Gasteiger partial charge in [0.05, 0.1) is 11.1 Å². The highest BCUT2D eigenvalue weighted by Gasteiger charge is 2.21. The molecule has 0 N–H and O–H groups in total. The Morgan fingerprint density at radius 1 is 0.302 bits per heavy atom. The molecular weight excluding hydrogens is 647 g/mol. The molecule has 2 heterocycles. The van der Waals surface area contributed by atoms with Crippen molar-refractivity contribution >= 4 is 82.5 Å². The van der Waals surface area contributed by atoms with Gasteiger partial charge in [0.15, 0.2) is 0 Å². The van der Waals surface area contributed by atoms with Gasteiger partial charge in [-0.05, 0) is 111 Å². The molecule has 0 aliphatic heterocycles. The fourth-order valence-corrected chi connectivity index (χ4v) is 8.11. The van der Waals surface area contributed by atoms with Crippen LogP contribution in [0.15, 0.2) is 197 Å². The highest BCUT2D eigenvalue weighted by Crippen LogP contribution is 2.46. The molecule has 0 fully saturated rings. The van der Waals surface area contributed by atoms with Crippen LogP contribution in [0.5, 0.6) is 0 Å². The van der Waals surface area contributed by atoms with E-state index in [4.69, 9.17) is 8.83 Å². The van der Waals surface area contributed by atoms with Gasteiger partial charge in [-0.3, -0.25) is 0 Å². The summed E-state index contributed by atoms with van der Waals surface area (Å²) in [4.78, 5) is 2.40. The molecule has 0 radical (unpaired) electrons. The van der Waals surface area contributed by atoms with Crippen LogP contribution in [0.1, 0.15) is 0 Å². The monoisotopic (exact) mass is 677 g/mol. The summed E-state index contributed by atoms with van der Waals surface area (Å²) in [7, 11) is 0. The molecule has 53 heavy (non-hydrogen) atoms. The summed E-state index contributed by atoms with van der Waals surface area (Å²) in [6, 6.07) is 67.0. The normalized spacial score (nSPS) is 11.8. The van der Waals surface area contributed by atoms with Crippen LogP contribution in [-0.2, 0) is 0 Å². The summed E-state index contributed by atoms with van der Waals surface area (Å²) in [5.74, 6) is 0. The average Bonchev–Trinajstić information content (AvgIpc) is 3.79. The average molecular weight is 678 g/mol. The maximum atomic E-state index is 6.44. The van der Waals surface area contributed by atoms with E-state index in [1.165, 1.54) is 27.3 Å². The Bertz CT molecular complexity index is 3120. The highest BCUT2D eigenvalue weighted by molar-refractivity contribution is 6.17. The third-order valence-electron chi connectivity index (χ3n) is 10.6. The zero-order valence-electron chi connectivity index (χ0n) is 28.7. The molecule has 0 bridgehead atoms. The minimum atomic E-state index is 0.860. The second-order valence-electron chi connectivity index (χ2n) is 13.7. The van der Waals surface area contributed by atoms with Crippen molar-refractivity contribution < 1.29 is 8.83 Å². The zero-order valence-corrected chi connectivity index (χ0v) is 28.7. The minimum Gasteiger partial charge on any atom is -0.456 e. The van der Waals surface area contributed by atoms with Gasteiger partial charge in [0.25, 0.3) is 0 Å². The van der Waals surface area contributed by atoms with Gasteiger partial charge >= 0.3 is 0 Å². The molecule has 0 saturated heterocycles. The Labute approximate surface area is 305 Å². The third kappa shape index (κ3) is 4.82. The molecule has 3 heteroatoms. The van der Waals surface area contributed by atoms with E-state index < -0.39 is 0 Å². The number of rotatable bonds is 5.